The highest BCUT2D eigenvalue weighted by Gasteiger charge is 2.05. The highest BCUT2D eigenvalue weighted by Crippen LogP contribution is 2.18. The number of ether oxygens (including phenoxy) is 1. The van der Waals surface area contributed by atoms with Gasteiger partial charge in [-0.1, -0.05) is 25.5 Å². The molecule has 1 heterocycles. The zero-order valence-corrected chi connectivity index (χ0v) is 12.5. The molecular formula is C16H23N3O. The summed E-state index contributed by atoms with van der Waals surface area (Å²) in [7, 11) is 0. The first-order chi connectivity index (χ1) is 9.70. The molecule has 1 aromatic heterocycles. The van der Waals surface area contributed by atoms with Crippen molar-refractivity contribution in [1.29, 1.82) is 0 Å². The molecule has 0 aliphatic heterocycles. The van der Waals surface area contributed by atoms with Crippen molar-refractivity contribution in [2.24, 2.45) is 0 Å². The molecule has 2 N–H and O–H groups in total. The molecule has 0 atom stereocenters. The van der Waals surface area contributed by atoms with Gasteiger partial charge in [-0.15, -0.1) is 0 Å². The molecule has 0 spiro atoms. The van der Waals surface area contributed by atoms with Crippen molar-refractivity contribution in [3.8, 4) is 5.75 Å². The van der Waals surface area contributed by atoms with Crippen LogP contribution in [0.5, 0.6) is 5.75 Å². The van der Waals surface area contributed by atoms with E-state index in [0.717, 1.165) is 48.8 Å². The molecule has 0 aliphatic rings. The average molecular weight is 273 g/mol. The number of anilines is 1. The Balaban J connectivity index is 1.88. The average Bonchev–Trinajstić information content (AvgIpc) is 2.78. The maximum absolute atomic E-state index is 5.65. The number of unbranched alkanes of at least 4 members (excludes halogenated alkanes) is 1. The first-order valence-corrected chi connectivity index (χ1v) is 7.18. The Morgan fingerprint density at radius 2 is 1.95 bits per heavy atom. The van der Waals surface area contributed by atoms with Crippen LogP contribution in [0.2, 0.25) is 0 Å². The van der Waals surface area contributed by atoms with Crippen LogP contribution in [0.4, 0.5) is 5.69 Å². The largest absolute Gasteiger partial charge is 0.494 e. The fourth-order valence-electron chi connectivity index (χ4n) is 2.04. The lowest BCUT2D eigenvalue weighted by Gasteiger charge is -2.08. The van der Waals surface area contributed by atoms with Gasteiger partial charge in [0, 0.05) is 6.54 Å². The summed E-state index contributed by atoms with van der Waals surface area (Å²) in [6, 6.07) is 8.25. The van der Waals surface area contributed by atoms with E-state index in [1.54, 1.807) is 0 Å². The van der Waals surface area contributed by atoms with Crippen molar-refractivity contribution < 1.29 is 4.74 Å². The second-order valence-corrected chi connectivity index (χ2v) is 5.01. The molecular weight excluding hydrogens is 250 g/mol. The first kappa shape index (κ1) is 14.4. The summed E-state index contributed by atoms with van der Waals surface area (Å²) in [5.41, 5.74) is 4.39. The van der Waals surface area contributed by atoms with Gasteiger partial charge in [0.1, 0.15) is 5.75 Å². The SMILES string of the molecule is CCCCOc1ccc(CNc2c(C)n[nH]c2C)cc1. The van der Waals surface area contributed by atoms with E-state index >= 15 is 0 Å². The number of aromatic nitrogens is 2. The lowest BCUT2D eigenvalue weighted by molar-refractivity contribution is 0.309. The van der Waals surface area contributed by atoms with Crippen LogP contribution >= 0.6 is 0 Å². The molecule has 2 aromatic rings. The van der Waals surface area contributed by atoms with Gasteiger partial charge in [0.2, 0.25) is 0 Å². The number of benzene rings is 1. The number of aryl methyl sites for hydroxylation is 2. The summed E-state index contributed by atoms with van der Waals surface area (Å²) in [6.07, 6.45) is 2.26. The molecule has 0 saturated carbocycles. The maximum Gasteiger partial charge on any atom is 0.119 e. The molecule has 0 aliphatic carbocycles. The van der Waals surface area contributed by atoms with E-state index in [-0.39, 0.29) is 0 Å². The predicted molar refractivity (Wildman–Crippen MR) is 82.2 cm³/mol. The number of hydrogen-bond acceptors (Lipinski definition) is 3. The molecule has 0 fully saturated rings. The highest BCUT2D eigenvalue weighted by atomic mass is 16.5. The van der Waals surface area contributed by atoms with Crippen molar-refractivity contribution >= 4 is 5.69 Å². The van der Waals surface area contributed by atoms with Crippen LogP contribution in [0.15, 0.2) is 24.3 Å². The minimum atomic E-state index is 0.788. The van der Waals surface area contributed by atoms with Crippen LogP contribution in [-0.2, 0) is 6.54 Å². The molecule has 0 radical (unpaired) electrons. The van der Waals surface area contributed by atoms with Crippen LogP contribution in [0.3, 0.4) is 0 Å². The number of rotatable bonds is 7. The Morgan fingerprint density at radius 1 is 1.20 bits per heavy atom. The molecule has 2 rings (SSSR count). The van der Waals surface area contributed by atoms with Gasteiger partial charge < -0.3 is 10.1 Å². The second-order valence-electron chi connectivity index (χ2n) is 5.01. The van der Waals surface area contributed by atoms with Crippen LogP contribution in [0.25, 0.3) is 0 Å². The lowest BCUT2D eigenvalue weighted by Crippen LogP contribution is -2.01. The van der Waals surface area contributed by atoms with E-state index in [9.17, 15) is 0 Å². The van der Waals surface area contributed by atoms with Crippen molar-refractivity contribution in [2.75, 3.05) is 11.9 Å². The van der Waals surface area contributed by atoms with Crippen molar-refractivity contribution in [3.05, 3.63) is 41.2 Å². The van der Waals surface area contributed by atoms with Crippen LogP contribution < -0.4 is 10.1 Å². The van der Waals surface area contributed by atoms with Gasteiger partial charge in [-0.25, -0.2) is 0 Å². The van der Waals surface area contributed by atoms with Gasteiger partial charge >= 0.3 is 0 Å². The highest BCUT2D eigenvalue weighted by molar-refractivity contribution is 5.51. The lowest BCUT2D eigenvalue weighted by atomic mass is 10.2. The zero-order valence-electron chi connectivity index (χ0n) is 12.5. The summed E-state index contributed by atoms with van der Waals surface area (Å²) in [5, 5.41) is 10.6. The Bertz CT molecular complexity index is 512. The van der Waals surface area contributed by atoms with Crippen LogP contribution in [-0.4, -0.2) is 16.8 Å². The van der Waals surface area contributed by atoms with Crippen molar-refractivity contribution in [2.45, 2.75) is 40.2 Å². The quantitative estimate of drug-likeness (QED) is 0.754. The molecule has 0 saturated heterocycles. The molecule has 20 heavy (non-hydrogen) atoms. The first-order valence-electron chi connectivity index (χ1n) is 7.18. The van der Waals surface area contributed by atoms with Crippen LogP contribution in [0, 0.1) is 13.8 Å². The topological polar surface area (TPSA) is 49.9 Å². The zero-order chi connectivity index (χ0) is 14.4. The Labute approximate surface area is 120 Å². The molecule has 4 heteroatoms. The third-order valence-electron chi connectivity index (χ3n) is 3.29. The van der Waals surface area contributed by atoms with Crippen molar-refractivity contribution in [1.82, 2.24) is 10.2 Å². The Hall–Kier alpha value is -1.97. The van der Waals surface area contributed by atoms with Gasteiger partial charge in [0.05, 0.1) is 23.7 Å². The summed E-state index contributed by atoms with van der Waals surface area (Å²) >= 11 is 0. The standard InChI is InChI=1S/C16H23N3O/c1-4-5-10-20-15-8-6-14(7-9-15)11-17-16-12(2)18-19-13(16)3/h6-9,17H,4-5,10-11H2,1-3H3,(H,18,19). The minimum absolute atomic E-state index is 0.788. The third kappa shape index (κ3) is 3.76. The maximum atomic E-state index is 5.65. The van der Waals surface area contributed by atoms with Gasteiger partial charge in [-0.3, -0.25) is 5.10 Å². The number of hydrogen-bond donors (Lipinski definition) is 2. The minimum Gasteiger partial charge on any atom is -0.494 e. The third-order valence-corrected chi connectivity index (χ3v) is 3.29. The Kier molecular flexibility index (Phi) is 5.04. The summed E-state index contributed by atoms with van der Waals surface area (Å²) < 4.78 is 5.65. The van der Waals surface area contributed by atoms with Gasteiger partial charge in [0.15, 0.2) is 0 Å². The smallest absolute Gasteiger partial charge is 0.119 e. The fraction of sp³-hybridized carbons (Fsp3) is 0.438. The Morgan fingerprint density at radius 3 is 2.55 bits per heavy atom. The molecule has 108 valence electrons. The van der Waals surface area contributed by atoms with Crippen molar-refractivity contribution in [3.63, 3.8) is 0 Å². The van der Waals surface area contributed by atoms with Crippen LogP contribution in [0.1, 0.15) is 36.7 Å². The summed E-state index contributed by atoms with van der Waals surface area (Å²) in [6.45, 7) is 7.76. The van der Waals surface area contributed by atoms with Gasteiger partial charge in [-0.05, 0) is 38.0 Å². The molecule has 0 unspecified atom stereocenters. The number of nitrogens with one attached hydrogen (secondary N) is 2. The van der Waals surface area contributed by atoms with E-state index in [0.29, 0.717) is 0 Å². The number of H-pyrrole nitrogens is 1. The monoisotopic (exact) mass is 273 g/mol. The molecule has 4 nitrogen and oxygen atoms in total. The van der Waals surface area contributed by atoms with E-state index in [2.05, 4.69) is 34.6 Å². The molecule has 1 aromatic carbocycles. The van der Waals surface area contributed by atoms with E-state index in [4.69, 9.17) is 4.74 Å². The fourth-order valence-corrected chi connectivity index (χ4v) is 2.04. The van der Waals surface area contributed by atoms with E-state index in [1.165, 1.54) is 5.56 Å². The van der Waals surface area contributed by atoms with Gasteiger partial charge in [0.25, 0.3) is 0 Å². The number of aromatic amines is 1. The second kappa shape index (κ2) is 6.98. The van der Waals surface area contributed by atoms with Gasteiger partial charge in [-0.2, -0.15) is 5.10 Å². The number of nitrogens with zero attached hydrogens (tertiary/aromatic N) is 1. The van der Waals surface area contributed by atoms with E-state index in [1.807, 2.05) is 26.0 Å². The summed E-state index contributed by atoms with van der Waals surface area (Å²) in [5.74, 6) is 0.942. The molecule has 0 amide bonds. The summed E-state index contributed by atoms with van der Waals surface area (Å²) in [4.78, 5) is 0. The normalized spacial score (nSPS) is 10.6. The molecule has 0 bridgehead atoms. The van der Waals surface area contributed by atoms with E-state index < -0.39 is 0 Å². The predicted octanol–water partition coefficient (Wildman–Crippen LogP) is 3.82.